The largest absolute Gasteiger partial charge is 0.462 e. The third-order valence-corrected chi connectivity index (χ3v) is 4.54. The molecule has 0 radical (unpaired) electrons. The van der Waals surface area contributed by atoms with Crippen LogP contribution >= 0.6 is 0 Å². The molecule has 152 valence electrons. The van der Waals surface area contributed by atoms with Gasteiger partial charge in [-0.15, -0.1) is 0 Å². The van der Waals surface area contributed by atoms with Gasteiger partial charge in [0.1, 0.15) is 6.10 Å². The minimum Gasteiger partial charge on any atom is -0.462 e. The van der Waals surface area contributed by atoms with Crippen LogP contribution in [-0.2, 0) is 14.2 Å². The molecule has 27 heavy (non-hydrogen) atoms. The number of aliphatic hydroxyl groups excluding tert-OH is 3. The Bertz CT molecular complexity index is 599. The number of rotatable bonds is 9. The van der Waals surface area contributed by atoms with E-state index in [0.29, 0.717) is 18.4 Å². The van der Waals surface area contributed by atoms with Gasteiger partial charge in [-0.05, 0) is 45.7 Å². The smallest absolute Gasteiger partial charge is 0.338 e. The van der Waals surface area contributed by atoms with Crippen LogP contribution in [0, 0.1) is 6.92 Å². The standard InChI is InChI=1S/C20H30O7/c1-13-6-8-14(9-7-13)19(24)25-10-4-5-17-18(27-20(2,3)26-17)11-15(22)16(23)12-21/h6-9,15-18,21-23H,4-5,10-12H2,1-3H3/t15-,16+,17+,18+/m0/s1. The summed E-state index contributed by atoms with van der Waals surface area (Å²) < 4.78 is 17.0. The van der Waals surface area contributed by atoms with Crippen molar-refractivity contribution in [3.8, 4) is 0 Å². The van der Waals surface area contributed by atoms with E-state index < -0.39 is 30.7 Å². The maximum absolute atomic E-state index is 12.0. The van der Waals surface area contributed by atoms with Gasteiger partial charge in [-0.3, -0.25) is 0 Å². The Kier molecular flexibility index (Phi) is 7.76. The Morgan fingerprint density at radius 2 is 1.78 bits per heavy atom. The zero-order valence-corrected chi connectivity index (χ0v) is 16.1. The van der Waals surface area contributed by atoms with Crippen LogP contribution in [0.2, 0.25) is 0 Å². The molecular formula is C20H30O7. The highest BCUT2D eigenvalue weighted by molar-refractivity contribution is 5.89. The zero-order chi connectivity index (χ0) is 20.0. The molecule has 1 aromatic carbocycles. The van der Waals surface area contributed by atoms with E-state index in [1.54, 1.807) is 26.0 Å². The number of benzene rings is 1. The molecule has 0 spiro atoms. The van der Waals surface area contributed by atoms with Crippen molar-refractivity contribution in [3.63, 3.8) is 0 Å². The monoisotopic (exact) mass is 382 g/mol. The van der Waals surface area contributed by atoms with E-state index in [0.717, 1.165) is 5.56 Å². The molecule has 7 nitrogen and oxygen atoms in total. The molecule has 0 bridgehead atoms. The second-order valence-electron chi connectivity index (χ2n) is 7.41. The van der Waals surface area contributed by atoms with Gasteiger partial charge in [-0.25, -0.2) is 4.79 Å². The number of aryl methyl sites for hydroxylation is 1. The van der Waals surface area contributed by atoms with Crippen molar-refractivity contribution in [1.82, 2.24) is 0 Å². The first kappa shape index (κ1) is 21.8. The van der Waals surface area contributed by atoms with E-state index in [2.05, 4.69) is 0 Å². The topological polar surface area (TPSA) is 105 Å². The Labute approximate surface area is 159 Å². The first-order valence-electron chi connectivity index (χ1n) is 9.28. The van der Waals surface area contributed by atoms with E-state index in [4.69, 9.17) is 19.3 Å². The summed E-state index contributed by atoms with van der Waals surface area (Å²) in [7, 11) is 0. The molecule has 2 rings (SSSR count). The maximum Gasteiger partial charge on any atom is 0.338 e. The lowest BCUT2D eigenvalue weighted by Crippen LogP contribution is -2.36. The molecule has 1 aliphatic heterocycles. The lowest BCUT2D eigenvalue weighted by molar-refractivity contribution is -0.150. The highest BCUT2D eigenvalue weighted by atomic mass is 16.8. The van der Waals surface area contributed by atoms with Crippen molar-refractivity contribution in [3.05, 3.63) is 35.4 Å². The van der Waals surface area contributed by atoms with Gasteiger partial charge >= 0.3 is 5.97 Å². The SMILES string of the molecule is Cc1ccc(C(=O)OCCC[C@H]2OC(C)(C)O[C@@H]2C[C@H](O)[C@H](O)CO)cc1. The predicted molar refractivity (Wildman–Crippen MR) is 98.2 cm³/mol. The number of ether oxygens (including phenoxy) is 3. The molecule has 1 saturated heterocycles. The van der Waals surface area contributed by atoms with Crippen LogP contribution in [0.15, 0.2) is 24.3 Å². The van der Waals surface area contributed by atoms with Gasteiger partial charge in [-0.2, -0.15) is 0 Å². The fraction of sp³-hybridized carbons (Fsp3) is 0.650. The molecule has 1 fully saturated rings. The Morgan fingerprint density at radius 1 is 1.15 bits per heavy atom. The second-order valence-corrected chi connectivity index (χ2v) is 7.41. The van der Waals surface area contributed by atoms with Crippen molar-refractivity contribution in [1.29, 1.82) is 0 Å². The molecule has 0 aliphatic carbocycles. The van der Waals surface area contributed by atoms with Crippen LogP contribution in [0.4, 0.5) is 0 Å². The normalized spacial score (nSPS) is 23.8. The Morgan fingerprint density at radius 3 is 2.41 bits per heavy atom. The summed E-state index contributed by atoms with van der Waals surface area (Å²) in [6.45, 7) is 5.25. The summed E-state index contributed by atoms with van der Waals surface area (Å²) in [5.41, 5.74) is 1.59. The van der Waals surface area contributed by atoms with Crippen LogP contribution < -0.4 is 0 Å². The van der Waals surface area contributed by atoms with Gasteiger partial charge in [0.2, 0.25) is 0 Å². The molecule has 0 saturated carbocycles. The van der Waals surface area contributed by atoms with Crippen LogP contribution in [0.5, 0.6) is 0 Å². The van der Waals surface area contributed by atoms with E-state index in [1.165, 1.54) is 0 Å². The van der Waals surface area contributed by atoms with Crippen LogP contribution in [0.1, 0.15) is 49.0 Å². The highest BCUT2D eigenvalue weighted by Gasteiger charge is 2.42. The number of esters is 1. The van der Waals surface area contributed by atoms with Gasteiger partial charge in [-0.1, -0.05) is 17.7 Å². The van der Waals surface area contributed by atoms with E-state index >= 15 is 0 Å². The summed E-state index contributed by atoms with van der Waals surface area (Å²) in [5, 5.41) is 28.4. The van der Waals surface area contributed by atoms with E-state index in [-0.39, 0.29) is 25.1 Å². The average Bonchev–Trinajstić information content (AvgIpc) is 2.91. The van der Waals surface area contributed by atoms with Crippen LogP contribution in [0.3, 0.4) is 0 Å². The average molecular weight is 382 g/mol. The Hall–Kier alpha value is -1.51. The first-order valence-corrected chi connectivity index (χ1v) is 9.28. The summed E-state index contributed by atoms with van der Waals surface area (Å²) in [5.74, 6) is -1.16. The fourth-order valence-corrected chi connectivity index (χ4v) is 3.09. The van der Waals surface area contributed by atoms with Gasteiger partial charge in [0.25, 0.3) is 0 Å². The molecule has 1 aromatic rings. The van der Waals surface area contributed by atoms with Gasteiger partial charge in [0.05, 0.1) is 37.1 Å². The summed E-state index contributed by atoms with van der Waals surface area (Å²) in [4.78, 5) is 12.0. The zero-order valence-electron chi connectivity index (χ0n) is 16.1. The molecule has 0 aromatic heterocycles. The van der Waals surface area contributed by atoms with E-state index in [1.807, 2.05) is 19.1 Å². The number of aliphatic hydroxyl groups is 3. The van der Waals surface area contributed by atoms with E-state index in [9.17, 15) is 15.0 Å². The molecule has 0 amide bonds. The number of carbonyl (C=O) groups is 1. The van der Waals surface area contributed by atoms with Gasteiger partial charge < -0.3 is 29.5 Å². The molecule has 3 N–H and O–H groups in total. The molecule has 4 atom stereocenters. The second kappa shape index (κ2) is 9.61. The first-order chi connectivity index (χ1) is 12.7. The van der Waals surface area contributed by atoms with Crippen molar-refractivity contribution >= 4 is 5.97 Å². The molecule has 7 heteroatoms. The number of hydrogen-bond acceptors (Lipinski definition) is 7. The number of carbonyl (C=O) groups excluding carboxylic acids is 1. The summed E-state index contributed by atoms with van der Waals surface area (Å²) >= 11 is 0. The van der Waals surface area contributed by atoms with Crippen molar-refractivity contribution < 1.29 is 34.3 Å². The number of hydrogen-bond donors (Lipinski definition) is 3. The lowest BCUT2D eigenvalue weighted by atomic mass is 10.0. The minimum absolute atomic E-state index is 0.152. The van der Waals surface area contributed by atoms with Crippen molar-refractivity contribution in [2.75, 3.05) is 13.2 Å². The van der Waals surface area contributed by atoms with Crippen LogP contribution in [-0.4, -0.2) is 64.7 Å². The quantitative estimate of drug-likeness (QED) is 0.440. The third-order valence-electron chi connectivity index (χ3n) is 4.54. The van der Waals surface area contributed by atoms with Crippen molar-refractivity contribution in [2.45, 2.75) is 70.2 Å². The summed E-state index contributed by atoms with van der Waals surface area (Å²) in [6, 6.07) is 7.19. The molecule has 1 aliphatic rings. The summed E-state index contributed by atoms with van der Waals surface area (Å²) in [6.07, 6.45) is -1.71. The Balaban J connectivity index is 1.80. The fourth-order valence-electron chi connectivity index (χ4n) is 3.09. The van der Waals surface area contributed by atoms with Gasteiger partial charge in [0, 0.05) is 6.42 Å². The highest BCUT2D eigenvalue weighted by Crippen LogP contribution is 2.33. The minimum atomic E-state index is -1.21. The maximum atomic E-state index is 12.0. The van der Waals surface area contributed by atoms with Crippen LogP contribution in [0.25, 0.3) is 0 Å². The third kappa shape index (κ3) is 6.55. The molecule has 0 unspecified atom stereocenters. The molecule has 1 heterocycles. The molecular weight excluding hydrogens is 352 g/mol. The predicted octanol–water partition coefficient (Wildman–Crippen LogP) is 1.56. The van der Waals surface area contributed by atoms with Gasteiger partial charge in [0.15, 0.2) is 5.79 Å². The lowest BCUT2D eigenvalue weighted by Gasteiger charge is -2.22. The van der Waals surface area contributed by atoms with Crippen molar-refractivity contribution in [2.24, 2.45) is 0 Å².